The molecule has 133 heavy (non-hydrogen) atoms. The Hall–Kier alpha value is -18.1. The predicted octanol–water partition coefficient (Wildman–Crippen LogP) is 30.9. The number of rotatable bonds is 11. The molecule has 11 heteroatoms. The van der Waals surface area contributed by atoms with Crippen molar-refractivity contribution < 1.29 is 0 Å². The lowest BCUT2D eigenvalue weighted by Gasteiger charge is -2.12. The second kappa shape index (κ2) is 32.7. The summed E-state index contributed by atoms with van der Waals surface area (Å²) in [6.45, 7) is 0. The molecule has 27 aromatic rings. The van der Waals surface area contributed by atoms with Crippen LogP contribution < -0.4 is 0 Å². The van der Waals surface area contributed by atoms with Crippen LogP contribution in [0.1, 0.15) is 0 Å². The Morgan fingerprint density at radius 2 is 0.361 bits per heavy atom. The van der Waals surface area contributed by atoms with Gasteiger partial charge in [-0.05, 0) is 168 Å². The summed E-state index contributed by atoms with van der Waals surface area (Å²) in [5.41, 5.74) is 20.0. The molecule has 0 aliphatic rings. The highest BCUT2D eigenvalue weighted by atomic mass is 15.1. The summed E-state index contributed by atoms with van der Waals surface area (Å²) in [5.74, 6) is 4.63. The molecule has 6 heterocycles. The van der Waals surface area contributed by atoms with Crippen molar-refractivity contribution in [2.45, 2.75) is 0 Å². The van der Waals surface area contributed by atoms with Gasteiger partial charge >= 0.3 is 0 Å². The first kappa shape index (κ1) is 77.3. The summed E-state index contributed by atoms with van der Waals surface area (Å²) in [7, 11) is 0. The van der Waals surface area contributed by atoms with Crippen LogP contribution in [0.15, 0.2) is 467 Å². The summed E-state index contributed by atoms with van der Waals surface area (Å²) in [4.78, 5) is 39.6. The Morgan fingerprint density at radius 1 is 0.135 bits per heavy atom. The van der Waals surface area contributed by atoms with E-state index in [0.29, 0.717) is 34.9 Å². The van der Waals surface area contributed by atoms with Crippen LogP contribution in [0.3, 0.4) is 0 Å². The molecule has 0 amide bonds. The Morgan fingerprint density at radius 3 is 0.662 bits per heavy atom. The van der Waals surface area contributed by atoms with E-state index in [4.69, 9.17) is 39.9 Å². The third-order valence-electron chi connectivity index (χ3n) is 25.8. The first-order valence-electron chi connectivity index (χ1n) is 44.9. The van der Waals surface area contributed by atoms with Crippen LogP contribution in [0.25, 0.3) is 249 Å². The molecule has 0 unspecified atom stereocenters. The van der Waals surface area contributed by atoms with E-state index in [0.717, 1.165) is 84.0 Å². The summed E-state index contributed by atoms with van der Waals surface area (Å²) in [6, 6.07) is 164. The summed E-state index contributed by atoms with van der Waals surface area (Å²) >= 11 is 0. The average Bonchev–Trinajstić information content (AvgIpc) is 1.57. The van der Waals surface area contributed by atoms with E-state index in [1.54, 1.807) is 0 Å². The lowest BCUT2D eigenvalue weighted by molar-refractivity contribution is 1.07. The van der Waals surface area contributed by atoms with Crippen LogP contribution in [0, 0.1) is 0 Å². The molecule has 6 aromatic heterocycles. The first-order valence-corrected chi connectivity index (χ1v) is 44.9. The number of aromatic nitrogens is 11. The van der Waals surface area contributed by atoms with E-state index in [9.17, 15) is 0 Å². The van der Waals surface area contributed by atoms with Crippen molar-refractivity contribution in [3.63, 3.8) is 0 Å². The van der Waals surface area contributed by atoms with Crippen LogP contribution in [0.2, 0.25) is 0 Å². The average molecular weight is 1700 g/mol. The molecule has 0 aliphatic heterocycles. The zero-order valence-corrected chi connectivity index (χ0v) is 71.9. The number of hydrogen-bond donors (Lipinski definition) is 0. The standard InChI is InChI=1S/2C41H26N4.C40H25N3/c1-3-14-29(15-4-1)39-42-40(30-16-5-2-6-17-30)44-41(43-39)31-18-11-19-32(26-31)45-35-24-22-27-12-7-9-20-33(27)37(35)38-34-21-10-8-13-28(34)23-25-36(38)45;1-3-13-29(14-4-1)39-42-40(30-15-5-2-6-16-30)44-41(43-39)31-19-23-32(24-20-31)45-35-25-21-27-11-7-9-17-33(27)37(35)38-34-18-10-8-12-28(34)22-26-36(38)45;1-2-12-28(13-3-1)39-33-16-8-9-17-34(33)41-40(42-39)29-18-22-30(23-19-29)43-35-24-20-26-10-4-6-14-31(26)37(35)38-32-15-7-5-11-27(32)21-25-36(38)43/h2*1-26H;1-25H. The summed E-state index contributed by atoms with van der Waals surface area (Å²) in [6.07, 6.45) is 0. The molecule has 0 saturated heterocycles. The van der Waals surface area contributed by atoms with Crippen LogP contribution in [-0.4, -0.2) is 53.6 Å². The fourth-order valence-corrected chi connectivity index (χ4v) is 19.7. The van der Waals surface area contributed by atoms with Gasteiger partial charge in [0, 0.05) is 99.3 Å². The van der Waals surface area contributed by atoms with Crippen molar-refractivity contribution in [1.29, 1.82) is 0 Å². The van der Waals surface area contributed by atoms with Gasteiger partial charge in [-0.3, -0.25) is 0 Å². The molecule has 21 aromatic carbocycles. The highest BCUT2D eigenvalue weighted by Crippen LogP contribution is 2.46. The maximum atomic E-state index is 5.08. The molecule has 0 saturated carbocycles. The number of benzene rings is 21. The monoisotopic (exact) mass is 1700 g/mol. The predicted molar refractivity (Wildman–Crippen MR) is 551 cm³/mol. The molecule has 0 N–H and O–H groups in total. The number of fused-ring (bicyclic) bond motifs is 22. The van der Waals surface area contributed by atoms with E-state index in [1.807, 2.05) is 140 Å². The Labute approximate surface area is 764 Å². The highest BCUT2D eigenvalue weighted by Gasteiger charge is 2.25. The molecular formula is C122H77N11. The van der Waals surface area contributed by atoms with Gasteiger partial charge in [0.1, 0.15) is 0 Å². The van der Waals surface area contributed by atoms with Gasteiger partial charge in [0.2, 0.25) is 0 Å². The molecule has 0 radical (unpaired) electrons. The van der Waals surface area contributed by atoms with Gasteiger partial charge in [0.15, 0.2) is 40.8 Å². The van der Waals surface area contributed by atoms with Crippen LogP contribution in [0.4, 0.5) is 0 Å². The SMILES string of the molecule is c1ccc(-c2nc(-c3ccc(-n4c5ccc6ccccc6c5c5c6ccccc6ccc54)cc3)nc3ccccc23)cc1.c1ccc(-c2nc(-c3ccccc3)nc(-c3ccc(-n4c5ccc6ccccc6c5c5c6ccccc6ccc54)cc3)n2)cc1.c1ccc(-c2nc(-c3ccccc3)nc(-c3cccc(-n4c5ccc6ccccc6c5c5c6ccccc6ccc54)c3)n2)cc1. The van der Waals surface area contributed by atoms with Gasteiger partial charge in [0.05, 0.1) is 44.3 Å². The van der Waals surface area contributed by atoms with Crippen molar-refractivity contribution in [2.24, 2.45) is 0 Å². The second-order valence-electron chi connectivity index (χ2n) is 33.6. The van der Waals surface area contributed by atoms with Crippen LogP contribution in [-0.2, 0) is 0 Å². The number of hydrogen-bond acceptors (Lipinski definition) is 8. The lowest BCUT2D eigenvalue weighted by atomic mass is 10.00. The zero-order chi connectivity index (χ0) is 87.8. The molecule has 0 aliphatic carbocycles. The lowest BCUT2D eigenvalue weighted by Crippen LogP contribution is -2.01. The number of nitrogens with zero attached hydrogens (tertiary/aromatic N) is 11. The third kappa shape index (κ3) is 13.7. The van der Waals surface area contributed by atoms with E-state index < -0.39 is 0 Å². The molecule has 620 valence electrons. The fourth-order valence-electron chi connectivity index (χ4n) is 19.7. The molecule has 0 fully saturated rings. The minimum Gasteiger partial charge on any atom is -0.309 e. The van der Waals surface area contributed by atoms with Gasteiger partial charge in [0.25, 0.3) is 0 Å². The molecule has 11 nitrogen and oxygen atoms in total. The summed E-state index contributed by atoms with van der Waals surface area (Å²) in [5, 5.41) is 23.8. The molecule has 0 bridgehead atoms. The maximum absolute atomic E-state index is 5.08. The molecular weight excluding hydrogens is 1620 g/mol. The number of para-hydroxylation sites is 1. The van der Waals surface area contributed by atoms with Crippen molar-refractivity contribution in [3.05, 3.63) is 467 Å². The smallest absolute Gasteiger partial charge is 0.164 e. The van der Waals surface area contributed by atoms with E-state index in [-0.39, 0.29) is 0 Å². The largest absolute Gasteiger partial charge is 0.309 e. The van der Waals surface area contributed by atoms with Crippen LogP contribution >= 0.6 is 0 Å². The van der Waals surface area contributed by atoms with Crippen molar-refractivity contribution >= 4 is 141 Å². The van der Waals surface area contributed by atoms with Crippen molar-refractivity contribution in [3.8, 4) is 108 Å². The van der Waals surface area contributed by atoms with Crippen LogP contribution in [0.5, 0.6) is 0 Å². The van der Waals surface area contributed by atoms with E-state index >= 15 is 0 Å². The third-order valence-corrected chi connectivity index (χ3v) is 25.8. The minimum atomic E-state index is 0.640. The molecule has 0 spiro atoms. The Balaban J connectivity index is 0.000000107. The zero-order valence-electron chi connectivity index (χ0n) is 71.9. The van der Waals surface area contributed by atoms with Gasteiger partial charge in [-0.2, -0.15) is 0 Å². The summed E-state index contributed by atoms with van der Waals surface area (Å²) < 4.78 is 7.15. The van der Waals surface area contributed by atoms with Gasteiger partial charge in [-0.1, -0.05) is 364 Å². The van der Waals surface area contributed by atoms with E-state index in [2.05, 4.69) is 341 Å². The quantitative estimate of drug-likeness (QED) is 0.126. The topological polar surface area (TPSA) is 118 Å². The van der Waals surface area contributed by atoms with Gasteiger partial charge in [-0.15, -0.1) is 0 Å². The van der Waals surface area contributed by atoms with Gasteiger partial charge in [-0.25, -0.2) is 39.9 Å². The fraction of sp³-hybridized carbons (Fsp3) is 0. The van der Waals surface area contributed by atoms with Crippen molar-refractivity contribution in [1.82, 2.24) is 53.6 Å². The van der Waals surface area contributed by atoms with E-state index in [1.165, 1.54) is 130 Å². The Kier molecular flexibility index (Phi) is 19.0. The van der Waals surface area contributed by atoms with Crippen molar-refractivity contribution in [2.75, 3.05) is 0 Å². The Bertz CT molecular complexity index is 8850. The normalized spacial score (nSPS) is 11.6. The van der Waals surface area contributed by atoms with Gasteiger partial charge < -0.3 is 13.7 Å². The second-order valence-corrected chi connectivity index (χ2v) is 33.6. The first-order chi connectivity index (χ1) is 66.0. The maximum Gasteiger partial charge on any atom is 0.164 e. The minimum absolute atomic E-state index is 0.640. The molecule has 0 atom stereocenters. The highest BCUT2D eigenvalue weighted by molar-refractivity contribution is 6.31. The molecule has 27 rings (SSSR count).